The van der Waals surface area contributed by atoms with Gasteiger partial charge in [-0.25, -0.2) is 0 Å². The van der Waals surface area contributed by atoms with Gasteiger partial charge in [0, 0.05) is 33.4 Å². The Kier molecular flexibility index (Phi) is 6.43. The molecule has 0 N–H and O–H groups in total. The van der Waals surface area contributed by atoms with Crippen molar-refractivity contribution in [3.05, 3.63) is 167 Å². The standard InChI is InChI=1S/C38H22/c1-3-11-29(12-4-1)19-20-31-21-23-32(24-22-31)26-28-38-35-17-9-7-15-33(35)37(34-16-8-10-18-36(34)38)27-25-30-13-5-2-6-14-30/h1-18,21-24H. The monoisotopic (exact) mass is 478 g/mol. The first-order valence-corrected chi connectivity index (χ1v) is 12.5. The van der Waals surface area contributed by atoms with Crippen molar-refractivity contribution < 1.29 is 0 Å². The van der Waals surface area contributed by atoms with Gasteiger partial charge in [0.2, 0.25) is 0 Å². The maximum atomic E-state index is 3.49. The molecular formula is C38H22. The van der Waals surface area contributed by atoms with Crippen molar-refractivity contribution >= 4 is 21.5 Å². The van der Waals surface area contributed by atoms with Crippen LogP contribution in [0.4, 0.5) is 0 Å². The smallest absolute Gasteiger partial charge is 0.0406 e. The van der Waals surface area contributed by atoms with Crippen molar-refractivity contribution in [3.63, 3.8) is 0 Å². The summed E-state index contributed by atoms with van der Waals surface area (Å²) in [6.45, 7) is 0. The minimum Gasteiger partial charge on any atom is -0.0622 e. The highest BCUT2D eigenvalue weighted by Crippen LogP contribution is 2.32. The lowest BCUT2D eigenvalue weighted by Gasteiger charge is -2.10. The van der Waals surface area contributed by atoms with Crippen LogP contribution in [0.2, 0.25) is 0 Å². The third kappa shape index (κ3) is 4.92. The van der Waals surface area contributed by atoms with Crippen LogP contribution in [-0.4, -0.2) is 0 Å². The number of hydrogen-bond donors (Lipinski definition) is 0. The SMILES string of the molecule is C(#Cc1ccc(C#Cc2c3ccccc3c(C#Cc3ccccc3)c3ccccc23)cc1)c1ccccc1. The van der Waals surface area contributed by atoms with Gasteiger partial charge in [-0.05, 0) is 70.1 Å². The second-order valence-corrected chi connectivity index (χ2v) is 8.90. The summed E-state index contributed by atoms with van der Waals surface area (Å²) >= 11 is 0. The highest BCUT2D eigenvalue weighted by atomic mass is 14.1. The molecule has 0 unspecified atom stereocenters. The lowest BCUT2D eigenvalue weighted by Crippen LogP contribution is -1.90. The molecular weight excluding hydrogens is 456 g/mol. The van der Waals surface area contributed by atoms with Gasteiger partial charge in [-0.3, -0.25) is 0 Å². The Balaban J connectivity index is 1.42. The summed E-state index contributed by atoms with van der Waals surface area (Å²) in [5.41, 5.74) is 5.99. The van der Waals surface area contributed by atoms with E-state index in [0.29, 0.717) is 0 Å². The molecule has 174 valence electrons. The predicted octanol–water partition coefficient (Wildman–Crippen LogP) is 8.19. The second kappa shape index (κ2) is 10.6. The van der Waals surface area contributed by atoms with Gasteiger partial charge in [0.05, 0.1) is 0 Å². The van der Waals surface area contributed by atoms with Crippen molar-refractivity contribution in [1.82, 2.24) is 0 Å². The number of rotatable bonds is 0. The zero-order valence-electron chi connectivity index (χ0n) is 20.7. The van der Waals surface area contributed by atoms with E-state index in [2.05, 4.69) is 84.1 Å². The molecule has 38 heavy (non-hydrogen) atoms. The van der Waals surface area contributed by atoms with Crippen LogP contribution < -0.4 is 0 Å². The van der Waals surface area contributed by atoms with Gasteiger partial charge in [-0.2, -0.15) is 0 Å². The van der Waals surface area contributed by atoms with E-state index in [1.807, 2.05) is 84.9 Å². The largest absolute Gasteiger partial charge is 0.0622 e. The van der Waals surface area contributed by atoms with Gasteiger partial charge in [0.15, 0.2) is 0 Å². The molecule has 0 bridgehead atoms. The zero-order valence-corrected chi connectivity index (χ0v) is 20.7. The van der Waals surface area contributed by atoms with Crippen molar-refractivity contribution in [2.75, 3.05) is 0 Å². The maximum absolute atomic E-state index is 3.49. The average Bonchev–Trinajstić information content (AvgIpc) is 2.99. The molecule has 6 aromatic rings. The molecule has 0 aromatic heterocycles. The molecule has 0 atom stereocenters. The quantitative estimate of drug-likeness (QED) is 0.152. The molecule has 0 radical (unpaired) electrons. The summed E-state index contributed by atoms with van der Waals surface area (Å²) in [6.07, 6.45) is 0. The van der Waals surface area contributed by atoms with E-state index in [1.54, 1.807) is 0 Å². The average molecular weight is 479 g/mol. The summed E-state index contributed by atoms with van der Waals surface area (Å²) in [7, 11) is 0. The number of hydrogen-bond acceptors (Lipinski definition) is 0. The first-order chi connectivity index (χ1) is 18.8. The van der Waals surface area contributed by atoms with Crippen molar-refractivity contribution in [2.24, 2.45) is 0 Å². The Morgan fingerprint density at radius 1 is 0.237 bits per heavy atom. The van der Waals surface area contributed by atoms with Crippen molar-refractivity contribution in [3.8, 4) is 35.5 Å². The molecule has 6 aromatic carbocycles. The van der Waals surface area contributed by atoms with Gasteiger partial charge in [0.25, 0.3) is 0 Å². The van der Waals surface area contributed by atoms with E-state index in [9.17, 15) is 0 Å². The summed E-state index contributed by atoms with van der Waals surface area (Å²) in [5.74, 6) is 20.1. The molecule has 0 amide bonds. The van der Waals surface area contributed by atoms with E-state index in [0.717, 1.165) is 54.9 Å². The fraction of sp³-hybridized carbons (Fsp3) is 0. The van der Waals surface area contributed by atoms with Crippen LogP contribution in [0, 0.1) is 35.5 Å². The highest BCUT2D eigenvalue weighted by Gasteiger charge is 2.11. The van der Waals surface area contributed by atoms with Crippen molar-refractivity contribution in [2.45, 2.75) is 0 Å². The Morgan fingerprint density at radius 3 is 0.842 bits per heavy atom. The van der Waals surface area contributed by atoms with Crippen LogP contribution in [0.15, 0.2) is 133 Å². The molecule has 6 rings (SSSR count). The van der Waals surface area contributed by atoms with Crippen LogP contribution in [0.25, 0.3) is 21.5 Å². The van der Waals surface area contributed by atoms with Gasteiger partial charge >= 0.3 is 0 Å². The van der Waals surface area contributed by atoms with Crippen LogP contribution >= 0.6 is 0 Å². The third-order valence-electron chi connectivity index (χ3n) is 6.38. The van der Waals surface area contributed by atoms with E-state index < -0.39 is 0 Å². The summed E-state index contributed by atoms with van der Waals surface area (Å²) < 4.78 is 0. The van der Waals surface area contributed by atoms with Gasteiger partial charge < -0.3 is 0 Å². The first-order valence-electron chi connectivity index (χ1n) is 12.5. The minimum atomic E-state index is 0.955. The summed E-state index contributed by atoms with van der Waals surface area (Å²) in [5, 5.41) is 4.46. The Hall–Kier alpha value is -5.48. The van der Waals surface area contributed by atoms with Gasteiger partial charge in [0.1, 0.15) is 0 Å². The number of fused-ring (bicyclic) bond motifs is 2. The Bertz CT molecular complexity index is 1890. The Morgan fingerprint density at radius 2 is 0.500 bits per heavy atom. The molecule has 0 fully saturated rings. The fourth-order valence-corrected chi connectivity index (χ4v) is 4.49. The van der Waals surface area contributed by atoms with Crippen LogP contribution in [-0.2, 0) is 0 Å². The van der Waals surface area contributed by atoms with Crippen LogP contribution in [0.3, 0.4) is 0 Å². The van der Waals surface area contributed by atoms with Crippen LogP contribution in [0.5, 0.6) is 0 Å². The van der Waals surface area contributed by atoms with Crippen molar-refractivity contribution in [1.29, 1.82) is 0 Å². The molecule has 0 heteroatoms. The lowest BCUT2D eigenvalue weighted by atomic mass is 9.92. The zero-order chi connectivity index (χ0) is 25.6. The first kappa shape index (κ1) is 23.0. The highest BCUT2D eigenvalue weighted by molar-refractivity contribution is 6.09. The van der Waals surface area contributed by atoms with E-state index >= 15 is 0 Å². The maximum Gasteiger partial charge on any atom is 0.0406 e. The van der Waals surface area contributed by atoms with E-state index in [1.165, 1.54) is 0 Å². The third-order valence-corrected chi connectivity index (χ3v) is 6.38. The van der Waals surface area contributed by atoms with Gasteiger partial charge in [-0.15, -0.1) is 0 Å². The Labute approximate surface area is 223 Å². The topological polar surface area (TPSA) is 0 Å². The normalized spacial score (nSPS) is 10.0. The second-order valence-electron chi connectivity index (χ2n) is 8.90. The molecule has 0 aliphatic carbocycles. The van der Waals surface area contributed by atoms with E-state index in [-0.39, 0.29) is 0 Å². The predicted molar refractivity (Wildman–Crippen MR) is 159 cm³/mol. The molecule has 0 aliphatic rings. The van der Waals surface area contributed by atoms with Crippen LogP contribution in [0.1, 0.15) is 33.4 Å². The number of benzene rings is 6. The minimum absolute atomic E-state index is 0.955. The molecule has 0 spiro atoms. The molecule has 0 nitrogen and oxygen atoms in total. The molecule has 0 heterocycles. The fourth-order valence-electron chi connectivity index (χ4n) is 4.49. The summed E-state index contributed by atoms with van der Waals surface area (Å²) in [4.78, 5) is 0. The lowest BCUT2D eigenvalue weighted by molar-refractivity contribution is 1.59. The van der Waals surface area contributed by atoms with Gasteiger partial charge in [-0.1, -0.05) is 120 Å². The molecule has 0 saturated carbocycles. The molecule has 0 aliphatic heterocycles. The molecule has 0 saturated heterocycles. The summed E-state index contributed by atoms with van der Waals surface area (Å²) in [6, 6.07) is 45.1. The van der Waals surface area contributed by atoms with E-state index in [4.69, 9.17) is 0 Å².